The predicted molar refractivity (Wildman–Crippen MR) is 104 cm³/mol. The monoisotopic (exact) mass is 367 g/mol. The molecule has 0 unspecified atom stereocenters. The Balaban J connectivity index is 1.44. The maximum absolute atomic E-state index is 13.1. The third-order valence-electron chi connectivity index (χ3n) is 4.89. The molecule has 1 saturated heterocycles. The number of carbonyl (C=O) groups is 1. The Labute approximate surface area is 157 Å². The molecule has 0 atom stereocenters. The van der Waals surface area contributed by atoms with E-state index in [1.807, 2.05) is 36.1 Å². The van der Waals surface area contributed by atoms with Crippen LogP contribution in [0, 0.1) is 5.82 Å². The molecule has 0 spiro atoms. The number of hydrogen-bond donors (Lipinski definition) is 1. The molecular weight excluding hydrogens is 345 g/mol. The lowest BCUT2D eigenvalue weighted by atomic mass is 10.2. The smallest absolute Gasteiger partial charge is 0.270 e. The van der Waals surface area contributed by atoms with Crippen molar-refractivity contribution in [3.05, 3.63) is 60.0 Å². The summed E-state index contributed by atoms with van der Waals surface area (Å²) in [5, 5.41) is 0.992. The first-order valence-electron chi connectivity index (χ1n) is 9.19. The molecule has 0 saturated carbocycles. The van der Waals surface area contributed by atoms with E-state index in [0.717, 1.165) is 35.4 Å². The molecule has 0 bridgehead atoms. The molecule has 27 heavy (non-hydrogen) atoms. The van der Waals surface area contributed by atoms with Crippen molar-refractivity contribution in [2.45, 2.75) is 6.92 Å². The topological polar surface area (TPSA) is 48.6 Å². The number of ether oxygens (including phenoxy) is 1. The van der Waals surface area contributed by atoms with Gasteiger partial charge in [0.05, 0.1) is 6.61 Å². The summed E-state index contributed by atoms with van der Waals surface area (Å²) in [6.45, 7) is 5.28. The second kappa shape index (κ2) is 7.31. The van der Waals surface area contributed by atoms with Crippen LogP contribution in [0.3, 0.4) is 0 Å². The number of piperazine rings is 1. The van der Waals surface area contributed by atoms with E-state index in [-0.39, 0.29) is 11.7 Å². The first kappa shape index (κ1) is 17.4. The van der Waals surface area contributed by atoms with Crippen LogP contribution in [-0.4, -0.2) is 48.6 Å². The van der Waals surface area contributed by atoms with Crippen LogP contribution in [-0.2, 0) is 0 Å². The largest absolute Gasteiger partial charge is 0.494 e. The molecule has 4 rings (SSSR count). The van der Waals surface area contributed by atoms with Crippen molar-refractivity contribution in [1.82, 2.24) is 9.88 Å². The predicted octanol–water partition coefficient (Wildman–Crippen LogP) is 3.67. The highest BCUT2D eigenvalue weighted by Gasteiger charge is 2.23. The fraction of sp³-hybridized carbons (Fsp3) is 0.286. The van der Waals surface area contributed by atoms with E-state index in [1.54, 1.807) is 12.1 Å². The van der Waals surface area contributed by atoms with Crippen molar-refractivity contribution in [3.8, 4) is 5.75 Å². The Kier molecular flexibility index (Phi) is 4.71. The molecule has 140 valence electrons. The number of nitrogens with zero attached hydrogens (tertiary/aromatic N) is 2. The Morgan fingerprint density at radius 3 is 2.52 bits per heavy atom. The van der Waals surface area contributed by atoms with Gasteiger partial charge in [-0.25, -0.2) is 4.39 Å². The van der Waals surface area contributed by atoms with Gasteiger partial charge >= 0.3 is 0 Å². The summed E-state index contributed by atoms with van der Waals surface area (Å²) in [5.41, 5.74) is 2.47. The minimum absolute atomic E-state index is 0.00270. The molecule has 0 aliphatic carbocycles. The molecule has 1 fully saturated rings. The fourth-order valence-corrected chi connectivity index (χ4v) is 3.47. The van der Waals surface area contributed by atoms with Gasteiger partial charge in [-0.2, -0.15) is 0 Å². The van der Waals surface area contributed by atoms with Crippen molar-refractivity contribution in [1.29, 1.82) is 0 Å². The number of hydrogen-bond acceptors (Lipinski definition) is 3. The third kappa shape index (κ3) is 3.60. The van der Waals surface area contributed by atoms with Crippen LogP contribution in [0.4, 0.5) is 10.1 Å². The van der Waals surface area contributed by atoms with Gasteiger partial charge in [-0.3, -0.25) is 4.79 Å². The minimum atomic E-state index is -0.237. The highest BCUT2D eigenvalue weighted by molar-refractivity contribution is 5.98. The first-order valence-corrected chi connectivity index (χ1v) is 9.19. The van der Waals surface area contributed by atoms with Gasteiger partial charge in [0.25, 0.3) is 5.91 Å². The summed E-state index contributed by atoms with van der Waals surface area (Å²) in [5.74, 6) is 0.556. The Hall–Kier alpha value is -3.02. The van der Waals surface area contributed by atoms with Gasteiger partial charge in [0.1, 0.15) is 17.3 Å². The molecule has 3 aromatic rings. The molecule has 1 N–H and O–H groups in total. The molecule has 2 aromatic carbocycles. The lowest BCUT2D eigenvalue weighted by Crippen LogP contribution is -2.48. The van der Waals surface area contributed by atoms with Crippen LogP contribution in [0.1, 0.15) is 17.4 Å². The summed E-state index contributed by atoms with van der Waals surface area (Å²) in [6.07, 6.45) is 0. The van der Waals surface area contributed by atoms with E-state index in [2.05, 4.69) is 9.88 Å². The SMILES string of the molecule is CCOc1ccc2cc(C(=O)N3CCN(c4ccc(F)cc4)CC3)[nH]c2c1. The minimum Gasteiger partial charge on any atom is -0.494 e. The standard InChI is InChI=1S/C21H22FN3O2/c1-2-27-18-8-3-15-13-20(23-19(15)14-18)21(26)25-11-9-24(10-12-25)17-6-4-16(22)5-7-17/h3-8,13-14,23H,2,9-12H2,1H3. The summed E-state index contributed by atoms with van der Waals surface area (Å²) in [7, 11) is 0. The van der Waals surface area contributed by atoms with Gasteiger partial charge < -0.3 is 19.5 Å². The lowest BCUT2D eigenvalue weighted by molar-refractivity contribution is 0.0742. The number of carbonyl (C=O) groups excluding carboxylic acids is 1. The average molecular weight is 367 g/mol. The zero-order valence-corrected chi connectivity index (χ0v) is 15.2. The van der Waals surface area contributed by atoms with Crippen LogP contribution in [0.25, 0.3) is 10.9 Å². The van der Waals surface area contributed by atoms with E-state index in [4.69, 9.17) is 4.74 Å². The van der Waals surface area contributed by atoms with Crippen LogP contribution < -0.4 is 9.64 Å². The Morgan fingerprint density at radius 1 is 1.07 bits per heavy atom. The summed E-state index contributed by atoms with van der Waals surface area (Å²) in [4.78, 5) is 20.1. The Morgan fingerprint density at radius 2 is 1.81 bits per heavy atom. The molecule has 0 radical (unpaired) electrons. The maximum atomic E-state index is 13.1. The summed E-state index contributed by atoms with van der Waals surface area (Å²) < 4.78 is 18.6. The number of aromatic amines is 1. The third-order valence-corrected chi connectivity index (χ3v) is 4.89. The summed E-state index contributed by atoms with van der Waals surface area (Å²) >= 11 is 0. The number of amides is 1. The molecule has 1 amide bonds. The highest BCUT2D eigenvalue weighted by Crippen LogP contribution is 2.23. The molecule has 1 aliphatic heterocycles. The number of anilines is 1. The lowest BCUT2D eigenvalue weighted by Gasteiger charge is -2.36. The molecule has 1 aromatic heterocycles. The maximum Gasteiger partial charge on any atom is 0.270 e. The van der Waals surface area contributed by atoms with Gasteiger partial charge in [-0.15, -0.1) is 0 Å². The van der Waals surface area contributed by atoms with Crippen LogP contribution in [0.2, 0.25) is 0 Å². The van der Waals surface area contributed by atoms with Gasteiger partial charge in [-0.05, 0) is 49.4 Å². The molecule has 6 heteroatoms. The Bertz CT molecular complexity index is 944. The van der Waals surface area contributed by atoms with Crippen LogP contribution >= 0.6 is 0 Å². The highest BCUT2D eigenvalue weighted by atomic mass is 19.1. The van der Waals surface area contributed by atoms with E-state index >= 15 is 0 Å². The zero-order valence-electron chi connectivity index (χ0n) is 15.2. The quantitative estimate of drug-likeness (QED) is 0.765. The number of fused-ring (bicyclic) bond motifs is 1. The molecule has 2 heterocycles. The zero-order chi connectivity index (χ0) is 18.8. The normalized spacial score (nSPS) is 14.6. The van der Waals surface area contributed by atoms with E-state index < -0.39 is 0 Å². The number of nitrogens with one attached hydrogen (secondary N) is 1. The molecular formula is C21H22FN3O2. The average Bonchev–Trinajstić information content (AvgIpc) is 3.12. The van der Waals surface area contributed by atoms with Crippen molar-refractivity contribution in [2.75, 3.05) is 37.7 Å². The van der Waals surface area contributed by atoms with Crippen molar-refractivity contribution < 1.29 is 13.9 Å². The number of benzene rings is 2. The number of halogens is 1. The first-order chi connectivity index (χ1) is 13.1. The van der Waals surface area contributed by atoms with Gasteiger partial charge in [0.15, 0.2) is 0 Å². The van der Waals surface area contributed by atoms with Crippen molar-refractivity contribution in [2.24, 2.45) is 0 Å². The summed E-state index contributed by atoms with van der Waals surface area (Å²) in [6, 6.07) is 14.2. The van der Waals surface area contributed by atoms with Gasteiger partial charge in [0.2, 0.25) is 0 Å². The van der Waals surface area contributed by atoms with E-state index in [1.165, 1.54) is 12.1 Å². The number of rotatable bonds is 4. The van der Waals surface area contributed by atoms with Crippen molar-refractivity contribution in [3.63, 3.8) is 0 Å². The fourth-order valence-electron chi connectivity index (χ4n) is 3.47. The number of H-pyrrole nitrogens is 1. The molecule has 1 aliphatic rings. The second-order valence-electron chi connectivity index (χ2n) is 6.62. The van der Waals surface area contributed by atoms with E-state index in [0.29, 0.717) is 25.4 Å². The van der Waals surface area contributed by atoms with Crippen LogP contribution in [0.15, 0.2) is 48.5 Å². The van der Waals surface area contributed by atoms with Gasteiger partial charge in [0, 0.05) is 48.8 Å². The van der Waals surface area contributed by atoms with Crippen LogP contribution in [0.5, 0.6) is 5.75 Å². The van der Waals surface area contributed by atoms with Crippen molar-refractivity contribution >= 4 is 22.5 Å². The number of aromatic nitrogens is 1. The molecule has 5 nitrogen and oxygen atoms in total. The second-order valence-corrected chi connectivity index (χ2v) is 6.62. The van der Waals surface area contributed by atoms with E-state index in [9.17, 15) is 9.18 Å². The van der Waals surface area contributed by atoms with Gasteiger partial charge in [-0.1, -0.05) is 0 Å².